The number of amides is 1. The normalized spacial score (nSPS) is 10.7. The minimum Gasteiger partial charge on any atom is -0.465 e. The van der Waals surface area contributed by atoms with Gasteiger partial charge in [-0.25, -0.2) is 4.79 Å². The Morgan fingerprint density at radius 3 is 2.19 bits per heavy atom. The van der Waals surface area contributed by atoms with Crippen LogP contribution < -0.4 is 10.6 Å². The van der Waals surface area contributed by atoms with Crippen LogP contribution in [0.4, 0.5) is 16.2 Å². The van der Waals surface area contributed by atoms with E-state index in [2.05, 4.69) is 10.6 Å². The molecule has 1 aromatic rings. The molecule has 1 rings (SSSR count). The van der Waals surface area contributed by atoms with Gasteiger partial charge in [-0.1, -0.05) is 0 Å². The Bertz CT molecular complexity index is 477. The number of esters is 1. The highest BCUT2D eigenvalue weighted by Crippen LogP contribution is 2.15. The van der Waals surface area contributed by atoms with E-state index in [1.54, 1.807) is 52.0 Å². The molecule has 0 spiro atoms. The summed E-state index contributed by atoms with van der Waals surface area (Å²) in [6.07, 6.45) is -0.505. The molecule has 1 amide bonds. The standard InChI is InChI=1S/C15H22N2O4/c1-5-20-13(18)10-16-11-6-8-12(9-7-11)17-14(19)21-15(2,3)4/h6-9,16H,5,10H2,1-4H3,(H,17,19). The molecular weight excluding hydrogens is 272 g/mol. The van der Waals surface area contributed by atoms with Gasteiger partial charge in [-0.15, -0.1) is 0 Å². The van der Waals surface area contributed by atoms with Gasteiger partial charge in [-0.3, -0.25) is 10.1 Å². The van der Waals surface area contributed by atoms with Gasteiger partial charge in [0.2, 0.25) is 0 Å². The molecule has 116 valence electrons. The number of ether oxygens (including phenoxy) is 2. The monoisotopic (exact) mass is 294 g/mol. The first-order valence-electron chi connectivity index (χ1n) is 6.79. The minimum atomic E-state index is -0.536. The smallest absolute Gasteiger partial charge is 0.412 e. The molecule has 0 aromatic heterocycles. The van der Waals surface area contributed by atoms with E-state index in [1.807, 2.05) is 0 Å². The lowest BCUT2D eigenvalue weighted by Crippen LogP contribution is -2.27. The molecule has 0 saturated heterocycles. The number of anilines is 2. The zero-order chi connectivity index (χ0) is 15.9. The summed E-state index contributed by atoms with van der Waals surface area (Å²) < 4.78 is 9.96. The van der Waals surface area contributed by atoms with Crippen molar-refractivity contribution in [2.24, 2.45) is 0 Å². The largest absolute Gasteiger partial charge is 0.465 e. The van der Waals surface area contributed by atoms with Crippen molar-refractivity contribution < 1.29 is 19.1 Å². The summed E-state index contributed by atoms with van der Waals surface area (Å²) in [6, 6.07) is 6.95. The quantitative estimate of drug-likeness (QED) is 0.816. The molecule has 6 heteroatoms. The van der Waals surface area contributed by atoms with Crippen LogP contribution in [-0.2, 0) is 14.3 Å². The van der Waals surface area contributed by atoms with Gasteiger partial charge in [0.15, 0.2) is 0 Å². The van der Waals surface area contributed by atoms with E-state index >= 15 is 0 Å². The molecule has 0 saturated carbocycles. The van der Waals surface area contributed by atoms with Gasteiger partial charge in [0.1, 0.15) is 12.1 Å². The molecule has 0 aliphatic rings. The molecule has 0 aliphatic carbocycles. The van der Waals surface area contributed by atoms with Gasteiger partial charge in [0, 0.05) is 11.4 Å². The van der Waals surface area contributed by atoms with E-state index in [0.29, 0.717) is 12.3 Å². The Morgan fingerprint density at radius 1 is 1.10 bits per heavy atom. The van der Waals surface area contributed by atoms with Crippen molar-refractivity contribution >= 4 is 23.4 Å². The zero-order valence-corrected chi connectivity index (χ0v) is 12.9. The van der Waals surface area contributed by atoms with Gasteiger partial charge in [0.25, 0.3) is 0 Å². The first-order valence-corrected chi connectivity index (χ1v) is 6.79. The van der Waals surface area contributed by atoms with Crippen LogP contribution in [0.25, 0.3) is 0 Å². The van der Waals surface area contributed by atoms with Crippen LogP contribution in [0.2, 0.25) is 0 Å². The highest BCUT2D eigenvalue weighted by atomic mass is 16.6. The van der Waals surface area contributed by atoms with E-state index in [9.17, 15) is 9.59 Å². The fraction of sp³-hybridized carbons (Fsp3) is 0.467. The van der Waals surface area contributed by atoms with E-state index in [0.717, 1.165) is 5.69 Å². The maximum atomic E-state index is 11.6. The Hall–Kier alpha value is -2.24. The summed E-state index contributed by atoms with van der Waals surface area (Å²) in [7, 11) is 0. The molecule has 0 radical (unpaired) electrons. The van der Waals surface area contributed by atoms with Gasteiger partial charge < -0.3 is 14.8 Å². The number of rotatable bonds is 5. The minimum absolute atomic E-state index is 0.104. The van der Waals surface area contributed by atoms with Crippen LogP contribution in [0.15, 0.2) is 24.3 Å². The van der Waals surface area contributed by atoms with Gasteiger partial charge in [-0.05, 0) is 52.0 Å². The van der Waals surface area contributed by atoms with Crippen molar-refractivity contribution in [3.05, 3.63) is 24.3 Å². The molecule has 2 N–H and O–H groups in total. The van der Waals surface area contributed by atoms with E-state index in [1.165, 1.54) is 0 Å². The lowest BCUT2D eigenvalue weighted by atomic mass is 10.2. The zero-order valence-electron chi connectivity index (χ0n) is 12.9. The average Bonchev–Trinajstić information content (AvgIpc) is 2.36. The molecule has 0 fully saturated rings. The van der Waals surface area contributed by atoms with Crippen molar-refractivity contribution in [1.82, 2.24) is 0 Å². The Balaban J connectivity index is 2.47. The number of carbonyl (C=O) groups excluding carboxylic acids is 2. The first-order chi connectivity index (χ1) is 9.80. The van der Waals surface area contributed by atoms with Gasteiger partial charge >= 0.3 is 12.1 Å². The summed E-state index contributed by atoms with van der Waals surface area (Å²) in [5.74, 6) is -0.312. The summed E-state index contributed by atoms with van der Waals surface area (Å²) in [5, 5.41) is 5.56. The third kappa shape index (κ3) is 7.20. The lowest BCUT2D eigenvalue weighted by molar-refractivity contribution is -0.140. The van der Waals surface area contributed by atoms with Crippen LogP contribution in [0.5, 0.6) is 0 Å². The van der Waals surface area contributed by atoms with Crippen molar-refractivity contribution in [2.45, 2.75) is 33.3 Å². The Kier molecular flexibility index (Phi) is 6.02. The van der Waals surface area contributed by atoms with E-state index < -0.39 is 11.7 Å². The molecule has 21 heavy (non-hydrogen) atoms. The van der Waals surface area contributed by atoms with E-state index in [4.69, 9.17) is 9.47 Å². The molecule has 6 nitrogen and oxygen atoms in total. The fourth-order valence-electron chi connectivity index (χ4n) is 1.48. The highest BCUT2D eigenvalue weighted by molar-refractivity contribution is 5.85. The molecule has 0 aliphatic heterocycles. The third-order valence-electron chi connectivity index (χ3n) is 2.27. The van der Waals surface area contributed by atoms with Gasteiger partial charge in [0.05, 0.1) is 6.61 Å². The van der Waals surface area contributed by atoms with Crippen LogP contribution in [0, 0.1) is 0 Å². The fourth-order valence-corrected chi connectivity index (χ4v) is 1.48. The summed E-state index contributed by atoms with van der Waals surface area (Å²) in [4.78, 5) is 22.8. The predicted octanol–water partition coefficient (Wildman–Crippen LogP) is 3.01. The van der Waals surface area contributed by atoms with Crippen molar-refractivity contribution in [1.29, 1.82) is 0 Å². The van der Waals surface area contributed by atoms with Gasteiger partial charge in [-0.2, -0.15) is 0 Å². The lowest BCUT2D eigenvalue weighted by Gasteiger charge is -2.19. The number of benzene rings is 1. The molecule has 0 heterocycles. The van der Waals surface area contributed by atoms with Crippen molar-refractivity contribution in [3.8, 4) is 0 Å². The number of nitrogens with one attached hydrogen (secondary N) is 2. The maximum absolute atomic E-state index is 11.6. The Morgan fingerprint density at radius 2 is 1.67 bits per heavy atom. The third-order valence-corrected chi connectivity index (χ3v) is 2.27. The van der Waals surface area contributed by atoms with Crippen molar-refractivity contribution in [2.75, 3.05) is 23.8 Å². The van der Waals surface area contributed by atoms with Crippen LogP contribution in [0.1, 0.15) is 27.7 Å². The molecule has 1 aromatic carbocycles. The topological polar surface area (TPSA) is 76.7 Å². The maximum Gasteiger partial charge on any atom is 0.412 e. The molecule has 0 atom stereocenters. The first kappa shape index (κ1) is 16.8. The second-order valence-electron chi connectivity index (χ2n) is 5.36. The average molecular weight is 294 g/mol. The van der Waals surface area contributed by atoms with Crippen LogP contribution >= 0.6 is 0 Å². The van der Waals surface area contributed by atoms with Crippen LogP contribution in [-0.4, -0.2) is 30.8 Å². The Labute approximate surface area is 124 Å². The second-order valence-corrected chi connectivity index (χ2v) is 5.36. The summed E-state index contributed by atoms with van der Waals surface area (Å²) in [5.41, 5.74) is 0.842. The SMILES string of the molecule is CCOC(=O)CNc1ccc(NC(=O)OC(C)(C)C)cc1. The molecular formula is C15H22N2O4. The number of hydrogen-bond acceptors (Lipinski definition) is 5. The predicted molar refractivity (Wildman–Crippen MR) is 81.4 cm³/mol. The van der Waals surface area contributed by atoms with Crippen molar-refractivity contribution in [3.63, 3.8) is 0 Å². The highest BCUT2D eigenvalue weighted by Gasteiger charge is 2.16. The molecule has 0 bridgehead atoms. The summed E-state index contributed by atoms with van der Waals surface area (Å²) in [6.45, 7) is 7.62. The summed E-state index contributed by atoms with van der Waals surface area (Å²) >= 11 is 0. The van der Waals surface area contributed by atoms with Crippen LogP contribution in [0.3, 0.4) is 0 Å². The second kappa shape index (κ2) is 7.52. The number of carbonyl (C=O) groups is 2. The van der Waals surface area contributed by atoms with E-state index in [-0.39, 0.29) is 12.5 Å². The number of hydrogen-bond donors (Lipinski definition) is 2. The molecule has 0 unspecified atom stereocenters.